The van der Waals surface area contributed by atoms with Gasteiger partial charge in [0.05, 0.1) is 27.1 Å². The van der Waals surface area contributed by atoms with Crippen LogP contribution in [0.4, 0.5) is 0 Å². The van der Waals surface area contributed by atoms with Crippen molar-refractivity contribution < 1.29 is 19.0 Å². The van der Waals surface area contributed by atoms with Crippen molar-refractivity contribution in [3.05, 3.63) is 48.0 Å². The Hall–Kier alpha value is -3.20. The minimum Gasteiger partial charge on any atom is -0.493 e. The van der Waals surface area contributed by atoms with Gasteiger partial charge in [0.2, 0.25) is 10.9 Å². The van der Waals surface area contributed by atoms with Gasteiger partial charge in [0.15, 0.2) is 23.1 Å². The Kier molecular flexibility index (Phi) is 6.05. The molecule has 8 nitrogen and oxygen atoms in total. The smallest absolute Gasteiger partial charge is 0.210 e. The molecule has 0 fully saturated rings. The first-order valence-electron chi connectivity index (χ1n) is 8.31. The van der Waals surface area contributed by atoms with Crippen LogP contribution >= 0.6 is 11.8 Å². The van der Waals surface area contributed by atoms with E-state index in [-0.39, 0.29) is 11.5 Å². The molecule has 0 amide bonds. The van der Waals surface area contributed by atoms with E-state index >= 15 is 0 Å². The molecule has 9 heteroatoms. The summed E-state index contributed by atoms with van der Waals surface area (Å²) < 4.78 is 17.4. The van der Waals surface area contributed by atoms with Crippen LogP contribution in [0.2, 0.25) is 0 Å². The van der Waals surface area contributed by atoms with Gasteiger partial charge >= 0.3 is 0 Å². The maximum absolute atomic E-state index is 12.3. The Labute approximate surface area is 166 Å². The molecular weight excluding hydrogens is 380 g/mol. The van der Waals surface area contributed by atoms with Gasteiger partial charge in [-0.05, 0) is 12.1 Å². The van der Waals surface area contributed by atoms with E-state index in [1.165, 1.54) is 37.8 Å². The molecule has 146 valence electrons. The van der Waals surface area contributed by atoms with Crippen molar-refractivity contribution in [2.45, 2.75) is 5.16 Å². The predicted octanol–water partition coefficient (Wildman–Crippen LogP) is 2.66. The number of thioether (sulfide) groups is 1. The highest BCUT2D eigenvalue weighted by molar-refractivity contribution is 7.99. The minimum atomic E-state index is -0.0112. The van der Waals surface area contributed by atoms with E-state index in [0.717, 1.165) is 0 Å². The monoisotopic (exact) mass is 400 g/mol. The molecule has 0 saturated heterocycles. The number of hydrogen-bond donors (Lipinski definition) is 1. The second-order valence-electron chi connectivity index (χ2n) is 5.67. The Balaban J connectivity index is 1.84. The van der Waals surface area contributed by atoms with E-state index in [2.05, 4.69) is 10.2 Å². The largest absolute Gasteiger partial charge is 0.493 e. The molecule has 0 aliphatic carbocycles. The van der Waals surface area contributed by atoms with Gasteiger partial charge in [-0.2, -0.15) is 0 Å². The first kappa shape index (κ1) is 19.6. The summed E-state index contributed by atoms with van der Waals surface area (Å²) in [5.41, 5.74) is 1.29. The molecule has 1 heterocycles. The Bertz CT molecular complexity index is 950. The lowest BCUT2D eigenvalue weighted by atomic mass is 10.1. The highest BCUT2D eigenvalue weighted by Crippen LogP contribution is 2.40. The van der Waals surface area contributed by atoms with Crippen LogP contribution in [0.25, 0.3) is 11.4 Å². The van der Waals surface area contributed by atoms with Crippen molar-refractivity contribution in [3.8, 4) is 28.6 Å². The van der Waals surface area contributed by atoms with Crippen LogP contribution in [-0.4, -0.2) is 47.7 Å². The summed E-state index contributed by atoms with van der Waals surface area (Å²) in [6.07, 6.45) is 0. The third-order valence-corrected chi connectivity index (χ3v) is 4.96. The summed E-state index contributed by atoms with van der Waals surface area (Å²) in [6.45, 7) is 0. The fourth-order valence-corrected chi connectivity index (χ4v) is 3.37. The molecule has 3 aromatic rings. The van der Waals surface area contributed by atoms with Crippen LogP contribution in [0.1, 0.15) is 10.4 Å². The van der Waals surface area contributed by atoms with Crippen LogP contribution in [-0.2, 0) is 0 Å². The highest BCUT2D eigenvalue weighted by atomic mass is 32.2. The predicted molar refractivity (Wildman–Crippen MR) is 107 cm³/mol. The van der Waals surface area contributed by atoms with Gasteiger partial charge in [0.1, 0.15) is 0 Å². The molecule has 0 radical (unpaired) electrons. The topological polar surface area (TPSA) is 101 Å². The van der Waals surface area contributed by atoms with Crippen molar-refractivity contribution in [2.75, 3.05) is 32.9 Å². The van der Waals surface area contributed by atoms with Crippen molar-refractivity contribution in [3.63, 3.8) is 0 Å². The zero-order valence-corrected chi connectivity index (χ0v) is 16.5. The first-order chi connectivity index (χ1) is 13.6. The number of carbonyl (C=O) groups is 1. The Morgan fingerprint density at radius 2 is 1.68 bits per heavy atom. The normalized spacial score (nSPS) is 10.5. The van der Waals surface area contributed by atoms with E-state index in [1.807, 2.05) is 18.2 Å². The number of benzene rings is 2. The molecule has 0 unspecified atom stereocenters. The fraction of sp³-hybridized carbons (Fsp3) is 0.211. The van der Waals surface area contributed by atoms with Gasteiger partial charge in [-0.1, -0.05) is 42.1 Å². The highest BCUT2D eigenvalue weighted by Gasteiger charge is 2.19. The lowest BCUT2D eigenvalue weighted by molar-refractivity contribution is 0.102. The van der Waals surface area contributed by atoms with Crippen LogP contribution in [0, 0.1) is 0 Å². The second-order valence-corrected chi connectivity index (χ2v) is 6.61. The fourth-order valence-electron chi connectivity index (χ4n) is 2.62. The number of nitrogens with two attached hydrogens (primary N) is 1. The third kappa shape index (κ3) is 3.89. The molecule has 0 aliphatic rings. The number of rotatable bonds is 8. The van der Waals surface area contributed by atoms with Crippen LogP contribution in [0.5, 0.6) is 17.2 Å². The SMILES string of the molecule is COc1cc(-c2nnc(SCC(=O)c3ccccc3)n2N)cc(OC)c1OC. The third-order valence-electron chi connectivity index (χ3n) is 4.02. The maximum atomic E-state index is 12.3. The molecule has 2 aromatic carbocycles. The van der Waals surface area contributed by atoms with Gasteiger partial charge in [0, 0.05) is 11.1 Å². The molecule has 3 rings (SSSR count). The quantitative estimate of drug-likeness (QED) is 0.350. The molecule has 1 aromatic heterocycles. The summed E-state index contributed by atoms with van der Waals surface area (Å²) in [5.74, 6) is 8.20. The second kappa shape index (κ2) is 8.66. The van der Waals surface area contributed by atoms with Crippen molar-refractivity contribution in [1.82, 2.24) is 14.9 Å². The summed E-state index contributed by atoms with van der Waals surface area (Å²) in [6, 6.07) is 12.5. The number of nitrogens with zero attached hydrogens (tertiary/aromatic N) is 3. The number of Topliss-reactive ketones (excluding diaryl/α,β-unsaturated/α-hetero) is 1. The molecular formula is C19H20N4O4S. The van der Waals surface area contributed by atoms with E-state index < -0.39 is 0 Å². The average Bonchev–Trinajstić information content (AvgIpc) is 3.11. The molecule has 2 N–H and O–H groups in total. The van der Waals surface area contributed by atoms with Crippen LogP contribution in [0.3, 0.4) is 0 Å². The van der Waals surface area contributed by atoms with Gasteiger partial charge in [0.25, 0.3) is 0 Å². The molecule has 0 spiro atoms. The number of aromatic nitrogens is 3. The summed E-state index contributed by atoms with van der Waals surface area (Å²) in [7, 11) is 4.60. The minimum absolute atomic E-state index is 0.0112. The van der Waals surface area contributed by atoms with Gasteiger partial charge in [-0.3, -0.25) is 4.79 Å². The van der Waals surface area contributed by atoms with E-state index in [9.17, 15) is 4.79 Å². The van der Waals surface area contributed by atoms with Gasteiger partial charge in [-0.15, -0.1) is 10.2 Å². The van der Waals surface area contributed by atoms with E-state index in [0.29, 0.717) is 39.4 Å². The summed E-state index contributed by atoms with van der Waals surface area (Å²) >= 11 is 1.22. The molecule has 28 heavy (non-hydrogen) atoms. The Morgan fingerprint density at radius 3 is 2.25 bits per heavy atom. The lowest BCUT2D eigenvalue weighted by Crippen LogP contribution is -2.13. The molecule has 0 atom stereocenters. The standard InChI is InChI=1S/C19H20N4O4S/c1-25-15-9-13(10-16(26-2)17(15)27-3)18-21-22-19(23(18)20)28-11-14(24)12-7-5-4-6-8-12/h4-10H,11,20H2,1-3H3. The van der Waals surface area contributed by atoms with E-state index in [4.69, 9.17) is 20.1 Å². The lowest BCUT2D eigenvalue weighted by Gasteiger charge is -2.13. The zero-order valence-electron chi connectivity index (χ0n) is 15.7. The molecule has 0 saturated carbocycles. The number of ketones is 1. The van der Waals surface area contributed by atoms with Gasteiger partial charge < -0.3 is 20.1 Å². The average molecular weight is 400 g/mol. The van der Waals surface area contributed by atoms with Crippen LogP contribution in [0.15, 0.2) is 47.6 Å². The van der Waals surface area contributed by atoms with Crippen molar-refractivity contribution in [1.29, 1.82) is 0 Å². The number of hydrogen-bond acceptors (Lipinski definition) is 8. The van der Waals surface area contributed by atoms with Crippen molar-refractivity contribution >= 4 is 17.5 Å². The van der Waals surface area contributed by atoms with Crippen molar-refractivity contribution in [2.24, 2.45) is 0 Å². The van der Waals surface area contributed by atoms with Crippen LogP contribution < -0.4 is 20.1 Å². The Morgan fingerprint density at radius 1 is 1.04 bits per heavy atom. The summed E-state index contributed by atoms with van der Waals surface area (Å²) in [5, 5.41) is 8.67. The van der Waals surface area contributed by atoms with E-state index in [1.54, 1.807) is 24.3 Å². The number of nitrogen functional groups attached to an aromatic ring is 1. The maximum Gasteiger partial charge on any atom is 0.210 e. The molecule has 0 bridgehead atoms. The molecule has 0 aliphatic heterocycles. The first-order valence-corrected chi connectivity index (χ1v) is 9.29. The number of methoxy groups -OCH3 is 3. The van der Waals surface area contributed by atoms with Gasteiger partial charge in [-0.25, -0.2) is 4.68 Å². The zero-order chi connectivity index (χ0) is 20.1. The summed E-state index contributed by atoms with van der Waals surface area (Å²) in [4.78, 5) is 12.3. The number of carbonyl (C=O) groups excluding carboxylic acids is 1. The number of ether oxygens (including phenoxy) is 3.